The van der Waals surface area contributed by atoms with Crippen LogP contribution in [0.25, 0.3) is 0 Å². The first-order chi connectivity index (χ1) is 7.94. The molecule has 0 aromatic carbocycles. The van der Waals surface area contributed by atoms with Crippen LogP contribution >= 0.6 is 0 Å². The van der Waals surface area contributed by atoms with E-state index in [-0.39, 0.29) is 11.7 Å². The van der Waals surface area contributed by atoms with Crippen LogP contribution in [-0.2, 0) is 15.6 Å². The third-order valence-corrected chi connectivity index (χ3v) is 4.23. The smallest absolute Gasteiger partial charge is 0.235 e. The second-order valence-electron chi connectivity index (χ2n) is 5.12. The van der Waals surface area contributed by atoms with E-state index in [2.05, 4.69) is 6.07 Å². The van der Waals surface area contributed by atoms with Crippen molar-refractivity contribution < 1.29 is 9.00 Å². The fourth-order valence-corrected chi connectivity index (χ4v) is 3.03. The first kappa shape index (κ1) is 14.2. The van der Waals surface area contributed by atoms with Crippen LogP contribution in [0.3, 0.4) is 0 Å². The molecule has 1 aliphatic heterocycles. The van der Waals surface area contributed by atoms with E-state index in [4.69, 9.17) is 5.26 Å². The van der Waals surface area contributed by atoms with Crippen LogP contribution in [-0.4, -0.2) is 39.6 Å². The van der Waals surface area contributed by atoms with E-state index < -0.39 is 16.2 Å². The first-order valence-corrected chi connectivity index (χ1v) is 7.47. The molecule has 96 valence electrons. The molecule has 4 nitrogen and oxygen atoms in total. The van der Waals surface area contributed by atoms with Gasteiger partial charge in [0.1, 0.15) is 5.75 Å². The highest BCUT2D eigenvalue weighted by Gasteiger charge is 2.22. The molecule has 1 rings (SSSR count). The summed E-state index contributed by atoms with van der Waals surface area (Å²) in [6.45, 7) is 5.26. The maximum atomic E-state index is 11.7. The van der Waals surface area contributed by atoms with Crippen LogP contribution in [0, 0.1) is 16.7 Å². The lowest BCUT2D eigenvalue weighted by molar-refractivity contribution is -0.127. The van der Waals surface area contributed by atoms with Crippen molar-refractivity contribution in [3.63, 3.8) is 0 Å². The van der Waals surface area contributed by atoms with Crippen molar-refractivity contribution in [3.8, 4) is 6.07 Å². The van der Waals surface area contributed by atoms with E-state index in [9.17, 15) is 9.00 Å². The molecule has 0 saturated carbocycles. The minimum Gasteiger partial charge on any atom is -0.342 e. The van der Waals surface area contributed by atoms with Crippen LogP contribution in [0.15, 0.2) is 0 Å². The quantitative estimate of drug-likeness (QED) is 0.745. The Kier molecular flexibility index (Phi) is 5.13. The fraction of sp³-hybridized carbons (Fsp3) is 0.833. The van der Waals surface area contributed by atoms with Crippen LogP contribution < -0.4 is 0 Å². The molecule has 0 aliphatic carbocycles. The highest BCUT2D eigenvalue weighted by Crippen LogP contribution is 2.18. The molecule has 5 heteroatoms. The summed E-state index contributed by atoms with van der Waals surface area (Å²) in [5.74, 6) is 0.539. The Labute approximate surface area is 105 Å². The van der Waals surface area contributed by atoms with Gasteiger partial charge in [0.05, 0.1) is 11.5 Å². The average molecular weight is 256 g/mol. The Bertz CT molecular complexity index is 341. The molecule has 0 N–H and O–H groups in total. The molecule has 0 radical (unpaired) electrons. The van der Waals surface area contributed by atoms with Gasteiger partial charge in [0.25, 0.3) is 0 Å². The minimum atomic E-state index is -1.14. The van der Waals surface area contributed by atoms with Crippen molar-refractivity contribution in [1.82, 2.24) is 4.90 Å². The van der Waals surface area contributed by atoms with Gasteiger partial charge in [0.2, 0.25) is 5.91 Å². The zero-order valence-electron chi connectivity index (χ0n) is 10.6. The van der Waals surface area contributed by atoms with E-state index >= 15 is 0 Å². The summed E-state index contributed by atoms with van der Waals surface area (Å²) >= 11 is 0. The van der Waals surface area contributed by atoms with Crippen molar-refractivity contribution >= 4 is 16.7 Å². The Morgan fingerprint density at radius 1 is 1.41 bits per heavy atom. The monoisotopic (exact) mass is 256 g/mol. The summed E-state index contributed by atoms with van der Waals surface area (Å²) in [6, 6.07) is 2.18. The Morgan fingerprint density at radius 3 is 2.53 bits per heavy atom. The van der Waals surface area contributed by atoms with Crippen molar-refractivity contribution in [2.24, 2.45) is 5.41 Å². The number of nitriles is 1. The Morgan fingerprint density at radius 2 is 2.00 bits per heavy atom. The largest absolute Gasteiger partial charge is 0.342 e. The third-order valence-electron chi connectivity index (χ3n) is 3.00. The minimum absolute atomic E-state index is 0.00408. The van der Waals surface area contributed by atoms with Crippen LogP contribution in [0.5, 0.6) is 0 Å². The van der Waals surface area contributed by atoms with Crippen molar-refractivity contribution in [2.75, 3.05) is 24.6 Å². The number of carbonyl (C=O) groups excluding carboxylic acids is 1. The zero-order chi connectivity index (χ0) is 12.9. The number of hydrogen-bond donors (Lipinski definition) is 0. The molecule has 1 aliphatic rings. The van der Waals surface area contributed by atoms with Crippen LogP contribution in [0.4, 0.5) is 0 Å². The van der Waals surface area contributed by atoms with E-state index in [1.54, 1.807) is 4.90 Å². The maximum Gasteiger partial charge on any atom is 0.235 e. The second-order valence-corrected chi connectivity index (χ2v) is 6.70. The molecule has 1 saturated heterocycles. The van der Waals surface area contributed by atoms with Crippen molar-refractivity contribution in [3.05, 3.63) is 0 Å². The van der Waals surface area contributed by atoms with Gasteiger partial charge in [-0.1, -0.05) is 0 Å². The normalized spacial score (nSPS) is 17.8. The fourth-order valence-electron chi connectivity index (χ4n) is 1.69. The predicted molar refractivity (Wildman–Crippen MR) is 67.7 cm³/mol. The van der Waals surface area contributed by atoms with Crippen LogP contribution in [0.1, 0.15) is 33.1 Å². The molecular weight excluding hydrogens is 236 g/mol. The summed E-state index contributed by atoms with van der Waals surface area (Å²) in [6.07, 6.45) is 2.68. The lowest BCUT2D eigenvalue weighted by atomic mass is 9.93. The number of carbonyl (C=O) groups is 1. The number of rotatable bonds is 5. The summed E-state index contributed by atoms with van der Waals surface area (Å²) in [4.78, 5) is 13.5. The lowest BCUT2D eigenvalue weighted by Crippen LogP contribution is -2.32. The molecule has 0 aromatic rings. The molecule has 0 bridgehead atoms. The van der Waals surface area contributed by atoms with Gasteiger partial charge >= 0.3 is 0 Å². The van der Waals surface area contributed by atoms with E-state index in [1.165, 1.54) is 0 Å². The van der Waals surface area contributed by atoms with Gasteiger partial charge in [-0.15, -0.1) is 0 Å². The van der Waals surface area contributed by atoms with Gasteiger partial charge in [0.15, 0.2) is 0 Å². The van der Waals surface area contributed by atoms with E-state index in [0.717, 1.165) is 25.9 Å². The molecule has 1 heterocycles. The summed E-state index contributed by atoms with van der Waals surface area (Å²) in [5, 5.41) is 8.84. The van der Waals surface area contributed by atoms with E-state index in [0.29, 0.717) is 12.2 Å². The Balaban J connectivity index is 2.30. The molecule has 1 amide bonds. The highest BCUT2D eigenvalue weighted by molar-refractivity contribution is 7.85. The maximum absolute atomic E-state index is 11.7. The second kappa shape index (κ2) is 6.15. The SMILES string of the molecule is CC(C)(C#N)CCS(=O)CC(=O)N1CCCC1. The van der Waals surface area contributed by atoms with Gasteiger partial charge in [-0.05, 0) is 33.1 Å². The molecule has 1 unspecified atom stereocenters. The summed E-state index contributed by atoms with van der Waals surface area (Å²) in [5.41, 5.74) is -0.452. The topological polar surface area (TPSA) is 61.2 Å². The highest BCUT2D eigenvalue weighted by atomic mass is 32.2. The number of hydrogen-bond acceptors (Lipinski definition) is 3. The van der Waals surface area contributed by atoms with Crippen molar-refractivity contribution in [2.45, 2.75) is 33.1 Å². The average Bonchev–Trinajstić information content (AvgIpc) is 2.80. The lowest BCUT2D eigenvalue weighted by Gasteiger charge is -2.16. The predicted octanol–water partition coefficient (Wildman–Crippen LogP) is 1.30. The molecular formula is C12H20N2O2S. The van der Waals surface area contributed by atoms with Gasteiger partial charge < -0.3 is 4.90 Å². The number of nitrogens with zero attached hydrogens (tertiary/aromatic N) is 2. The first-order valence-electron chi connectivity index (χ1n) is 5.98. The van der Waals surface area contributed by atoms with Gasteiger partial charge in [-0.25, -0.2) is 0 Å². The molecule has 0 aromatic heterocycles. The standard InChI is InChI=1S/C12H20N2O2S/c1-12(2,10-13)5-8-17(16)9-11(15)14-6-3-4-7-14/h3-9H2,1-2H3. The van der Waals surface area contributed by atoms with Gasteiger partial charge in [0, 0.05) is 29.6 Å². The molecule has 0 spiro atoms. The number of likely N-dealkylation sites (tertiary alicyclic amines) is 1. The zero-order valence-corrected chi connectivity index (χ0v) is 11.4. The third kappa shape index (κ3) is 4.86. The van der Waals surface area contributed by atoms with Gasteiger partial charge in [-0.3, -0.25) is 9.00 Å². The Hall–Kier alpha value is -0.890. The van der Waals surface area contributed by atoms with Crippen LogP contribution in [0.2, 0.25) is 0 Å². The summed E-state index contributed by atoms with van der Waals surface area (Å²) < 4.78 is 11.7. The van der Waals surface area contributed by atoms with Crippen molar-refractivity contribution in [1.29, 1.82) is 5.26 Å². The van der Waals surface area contributed by atoms with Gasteiger partial charge in [-0.2, -0.15) is 5.26 Å². The summed E-state index contributed by atoms with van der Waals surface area (Å²) in [7, 11) is -1.14. The number of amides is 1. The van der Waals surface area contributed by atoms with E-state index in [1.807, 2.05) is 13.8 Å². The molecule has 1 fully saturated rings. The molecule has 1 atom stereocenters. The molecule has 17 heavy (non-hydrogen) atoms.